The van der Waals surface area contributed by atoms with Gasteiger partial charge in [-0.15, -0.1) is 0 Å². The third kappa shape index (κ3) is 5.85. The molecule has 38 heavy (non-hydrogen) atoms. The molecule has 2 aliphatic rings. The SMILES string of the molecule is COc1ccc(Cl)cc1CNC(=O)CN1Cc2ccc(-c3nc(NC4CCOCC4)ncc3Cl)cc2C1=O. The van der Waals surface area contributed by atoms with Gasteiger partial charge in [-0.25, -0.2) is 9.97 Å². The number of carbonyl (C=O) groups is 2. The Hall–Kier alpha value is -3.40. The van der Waals surface area contributed by atoms with Gasteiger partial charge in [-0.3, -0.25) is 9.59 Å². The Morgan fingerprint density at radius 2 is 2.00 bits per heavy atom. The molecule has 0 aliphatic carbocycles. The normalized spacial score (nSPS) is 15.3. The summed E-state index contributed by atoms with van der Waals surface area (Å²) in [5.41, 5.74) is 3.37. The minimum Gasteiger partial charge on any atom is -0.496 e. The second-order valence-corrected chi connectivity index (χ2v) is 10.0. The molecule has 3 heterocycles. The Morgan fingerprint density at radius 3 is 2.79 bits per heavy atom. The second kappa shape index (κ2) is 11.6. The average Bonchev–Trinajstić information content (AvgIpc) is 3.23. The van der Waals surface area contributed by atoms with E-state index in [0.717, 1.165) is 24.0 Å². The van der Waals surface area contributed by atoms with Gasteiger partial charge in [0.2, 0.25) is 11.9 Å². The predicted octanol–water partition coefficient (Wildman–Crippen LogP) is 4.32. The number of anilines is 1. The van der Waals surface area contributed by atoms with Crippen LogP contribution in [0.3, 0.4) is 0 Å². The molecule has 9 nitrogen and oxygen atoms in total. The molecule has 0 bridgehead atoms. The number of rotatable bonds is 8. The van der Waals surface area contributed by atoms with E-state index >= 15 is 0 Å². The number of methoxy groups -OCH3 is 1. The van der Waals surface area contributed by atoms with E-state index in [-0.39, 0.29) is 30.9 Å². The summed E-state index contributed by atoms with van der Waals surface area (Å²) in [7, 11) is 1.56. The lowest BCUT2D eigenvalue weighted by Crippen LogP contribution is -2.37. The average molecular weight is 556 g/mol. The minimum absolute atomic E-state index is 0.0703. The first-order valence-corrected chi connectivity index (χ1v) is 13.1. The summed E-state index contributed by atoms with van der Waals surface area (Å²) in [6, 6.07) is 11.0. The van der Waals surface area contributed by atoms with E-state index in [9.17, 15) is 9.59 Å². The Bertz CT molecular complexity index is 1360. The molecule has 2 N–H and O–H groups in total. The molecule has 1 fully saturated rings. The highest BCUT2D eigenvalue weighted by atomic mass is 35.5. The quantitative estimate of drug-likeness (QED) is 0.426. The highest BCUT2D eigenvalue weighted by Crippen LogP contribution is 2.32. The maximum Gasteiger partial charge on any atom is 0.254 e. The van der Waals surface area contributed by atoms with Gasteiger partial charge in [0.1, 0.15) is 12.3 Å². The topological polar surface area (TPSA) is 106 Å². The fourth-order valence-corrected chi connectivity index (χ4v) is 5.00. The second-order valence-electron chi connectivity index (χ2n) is 9.19. The van der Waals surface area contributed by atoms with E-state index in [1.807, 2.05) is 12.1 Å². The lowest BCUT2D eigenvalue weighted by Gasteiger charge is -2.23. The molecule has 1 aromatic heterocycles. The number of nitrogens with one attached hydrogen (secondary N) is 2. The van der Waals surface area contributed by atoms with Crippen molar-refractivity contribution in [1.82, 2.24) is 20.2 Å². The molecule has 1 saturated heterocycles. The Kier molecular flexibility index (Phi) is 7.97. The van der Waals surface area contributed by atoms with Crippen LogP contribution in [-0.4, -0.2) is 59.6 Å². The van der Waals surface area contributed by atoms with Gasteiger partial charge in [-0.2, -0.15) is 0 Å². The summed E-state index contributed by atoms with van der Waals surface area (Å²) >= 11 is 12.5. The van der Waals surface area contributed by atoms with Gasteiger partial charge in [-0.05, 0) is 42.7 Å². The van der Waals surface area contributed by atoms with Crippen molar-refractivity contribution in [3.63, 3.8) is 0 Å². The van der Waals surface area contributed by atoms with Crippen LogP contribution in [0.1, 0.15) is 34.3 Å². The molecule has 5 rings (SSSR count). The van der Waals surface area contributed by atoms with E-state index < -0.39 is 0 Å². The summed E-state index contributed by atoms with van der Waals surface area (Å²) < 4.78 is 10.7. The number of nitrogens with zero attached hydrogens (tertiary/aromatic N) is 3. The lowest BCUT2D eigenvalue weighted by atomic mass is 10.0. The molecule has 0 unspecified atom stereocenters. The van der Waals surface area contributed by atoms with Crippen molar-refractivity contribution in [3.05, 3.63) is 69.3 Å². The number of aromatic nitrogens is 2. The highest BCUT2D eigenvalue weighted by Gasteiger charge is 2.29. The van der Waals surface area contributed by atoms with Crippen molar-refractivity contribution in [1.29, 1.82) is 0 Å². The van der Waals surface area contributed by atoms with E-state index in [4.69, 9.17) is 32.7 Å². The Labute approximate surface area is 230 Å². The Balaban J connectivity index is 1.25. The van der Waals surface area contributed by atoms with Crippen LogP contribution >= 0.6 is 23.2 Å². The third-order valence-corrected chi connectivity index (χ3v) is 7.13. The minimum atomic E-state index is -0.281. The largest absolute Gasteiger partial charge is 0.496 e. The van der Waals surface area contributed by atoms with Crippen molar-refractivity contribution in [2.45, 2.75) is 32.0 Å². The number of halogens is 2. The van der Waals surface area contributed by atoms with E-state index in [0.29, 0.717) is 58.3 Å². The number of ether oxygens (including phenoxy) is 2. The highest BCUT2D eigenvalue weighted by molar-refractivity contribution is 6.33. The van der Waals surface area contributed by atoms with Crippen molar-refractivity contribution < 1.29 is 19.1 Å². The molecule has 3 aromatic rings. The molecule has 2 aromatic carbocycles. The molecule has 11 heteroatoms. The van der Waals surface area contributed by atoms with Crippen molar-refractivity contribution >= 4 is 41.0 Å². The first kappa shape index (κ1) is 26.2. The third-order valence-electron chi connectivity index (χ3n) is 6.61. The summed E-state index contributed by atoms with van der Waals surface area (Å²) in [6.45, 7) is 1.91. The molecule has 0 atom stereocenters. The van der Waals surface area contributed by atoms with Crippen LogP contribution in [0.2, 0.25) is 10.0 Å². The van der Waals surface area contributed by atoms with Gasteiger partial charge in [0.05, 0.1) is 24.0 Å². The maximum atomic E-state index is 13.2. The fraction of sp³-hybridized carbons (Fsp3) is 0.333. The van der Waals surface area contributed by atoms with Gasteiger partial charge < -0.3 is 25.0 Å². The van der Waals surface area contributed by atoms with Crippen LogP contribution in [0.25, 0.3) is 11.3 Å². The number of benzene rings is 2. The molecule has 2 amide bonds. The van der Waals surface area contributed by atoms with Gasteiger partial charge in [0.25, 0.3) is 5.91 Å². The summed E-state index contributed by atoms with van der Waals surface area (Å²) in [5.74, 6) is 0.610. The first-order chi connectivity index (χ1) is 18.4. The zero-order valence-electron chi connectivity index (χ0n) is 20.8. The fourth-order valence-electron chi connectivity index (χ4n) is 4.61. The zero-order chi connectivity index (χ0) is 26.6. The zero-order valence-corrected chi connectivity index (χ0v) is 22.3. The van der Waals surface area contributed by atoms with Crippen molar-refractivity contribution in [3.8, 4) is 17.0 Å². The van der Waals surface area contributed by atoms with Crippen LogP contribution < -0.4 is 15.4 Å². The number of carbonyl (C=O) groups excluding carboxylic acids is 2. The molecule has 198 valence electrons. The lowest BCUT2D eigenvalue weighted by molar-refractivity contribution is -0.122. The van der Waals surface area contributed by atoms with Gasteiger partial charge in [0.15, 0.2) is 0 Å². The number of fused-ring (bicyclic) bond motifs is 1. The molecule has 0 radical (unpaired) electrons. The van der Waals surface area contributed by atoms with Crippen LogP contribution in [0, 0.1) is 0 Å². The summed E-state index contributed by atoms with van der Waals surface area (Å²) in [6.07, 6.45) is 3.32. The van der Waals surface area contributed by atoms with Crippen molar-refractivity contribution in [2.24, 2.45) is 0 Å². The maximum absolute atomic E-state index is 13.2. The van der Waals surface area contributed by atoms with E-state index in [2.05, 4.69) is 20.6 Å². The van der Waals surface area contributed by atoms with Crippen LogP contribution in [0.4, 0.5) is 5.95 Å². The van der Waals surface area contributed by atoms with Gasteiger partial charge >= 0.3 is 0 Å². The predicted molar refractivity (Wildman–Crippen MR) is 145 cm³/mol. The first-order valence-electron chi connectivity index (χ1n) is 12.3. The van der Waals surface area contributed by atoms with Crippen LogP contribution in [-0.2, 0) is 22.6 Å². The molecule has 0 saturated carbocycles. The number of hydrogen-bond donors (Lipinski definition) is 2. The molecular weight excluding hydrogens is 529 g/mol. The molecular formula is C27H27Cl2N5O4. The molecule has 0 spiro atoms. The van der Waals surface area contributed by atoms with Gasteiger partial charge in [-0.1, -0.05) is 35.3 Å². The number of amides is 2. The van der Waals surface area contributed by atoms with Crippen LogP contribution in [0.5, 0.6) is 5.75 Å². The Morgan fingerprint density at radius 1 is 1.18 bits per heavy atom. The standard InChI is InChI=1S/C27H27Cl2N5O4/c1-37-23-5-4-19(28)10-18(23)12-30-24(35)15-34-14-17-3-2-16(11-21(17)26(34)36)25-22(29)13-31-27(33-25)32-20-6-8-38-9-7-20/h2-5,10-11,13,20H,6-9,12,14-15H2,1H3,(H,30,35)(H,31,32,33). The summed E-state index contributed by atoms with van der Waals surface area (Å²) in [5, 5.41) is 7.12. The monoisotopic (exact) mass is 555 g/mol. The number of hydrogen-bond acceptors (Lipinski definition) is 7. The van der Waals surface area contributed by atoms with E-state index in [1.54, 1.807) is 37.6 Å². The van der Waals surface area contributed by atoms with E-state index in [1.165, 1.54) is 4.90 Å². The summed E-state index contributed by atoms with van der Waals surface area (Å²) in [4.78, 5) is 36.3. The van der Waals surface area contributed by atoms with Crippen molar-refractivity contribution in [2.75, 3.05) is 32.2 Å². The van der Waals surface area contributed by atoms with Gasteiger partial charge in [0, 0.05) is 54.1 Å². The van der Waals surface area contributed by atoms with Crippen LogP contribution in [0.15, 0.2) is 42.6 Å². The molecule has 2 aliphatic heterocycles. The smallest absolute Gasteiger partial charge is 0.254 e.